The molecule has 9 heteroatoms. The lowest BCUT2D eigenvalue weighted by atomic mass is 10.3. The van der Waals surface area contributed by atoms with Crippen LogP contribution in [0.2, 0.25) is 0 Å². The predicted molar refractivity (Wildman–Crippen MR) is 93.5 cm³/mol. The van der Waals surface area contributed by atoms with E-state index in [0.717, 1.165) is 0 Å². The molecule has 0 bridgehead atoms. The summed E-state index contributed by atoms with van der Waals surface area (Å²) in [6.45, 7) is 5.18. The maximum Gasteiger partial charge on any atom is 0.276 e. The maximum absolute atomic E-state index is 12.8. The standard InChI is InChI=1S/C17H21N3O5S/c1-3-24-14-4-6-15(7-5-14)26(22,23)20-10-8-19(9-11-20)17(21)16-12-13(2)25-18-16/h4-7,12H,3,8-11H2,1-2H3. The van der Waals surface area contributed by atoms with Crippen LogP contribution in [-0.4, -0.2) is 61.5 Å². The van der Waals surface area contributed by atoms with Crippen LogP contribution in [-0.2, 0) is 10.0 Å². The molecule has 140 valence electrons. The Morgan fingerprint density at radius 3 is 2.38 bits per heavy atom. The molecule has 1 saturated heterocycles. The molecule has 2 heterocycles. The largest absolute Gasteiger partial charge is 0.494 e. The van der Waals surface area contributed by atoms with E-state index in [1.54, 1.807) is 30.0 Å². The van der Waals surface area contributed by atoms with Crippen LogP contribution >= 0.6 is 0 Å². The summed E-state index contributed by atoms with van der Waals surface area (Å²) in [5.74, 6) is 0.940. The Bertz CT molecular complexity index is 868. The second-order valence-electron chi connectivity index (χ2n) is 5.92. The van der Waals surface area contributed by atoms with Gasteiger partial charge in [0, 0.05) is 32.2 Å². The van der Waals surface area contributed by atoms with Crippen molar-refractivity contribution in [2.24, 2.45) is 0 Å². The second-order valence-corrected chi connectivity index (χ2v) is 7.86. The monoisotopic (exact) mass is 379 g/mol. The molecule has 0 saturated carbocycles. The Labute approximate surface area is 152 Å². The average Bonchev–Trinajstić information content (AvgIpc) is 3.08. The Balaban J connectivity index is 1.65. The van der Waals surface area contributed by atoms with Gasteiger partial charge in [-0.2, -0.15) is 4.31 Å². The summed E-state index contributed by atoms with van der Waals surface area (Å²) in [4.78, 5) is 14.2. The number of ether oxygens (including phenoxy) is 1. The first-order valence-electron chi connectivity index (χ1n) is 8.37. The van der Waals surface area contributed by atoms with Gasteiger partial charge in [0.15, 0.2) is 5.69 Å². The number of carbonyl (C=O) groups is 1. The van der Waals surface area contributed by atoms with Gasteiger partial charge in [-0.15, -0.1) is 0 Å². The quantitative estimate of drug-likeness (QED) is 0.782. The SMILES string of the molecule is CCOc1ccc(S(=O)(=O)N2CCN(C(=O)c3cc(C)on3)CC2)cc1. The summed E-state index contributed by atoms with van der Waals surface area (Å²) >= 11 is 0. The maximum atomic E-state index is 12.8. The highest BCUT2D eigenvalue weighted by atomic mass is 32.2. The van der Waals surface area contributed by atoms with Gasteiger partial charge < -0.3 is 14.2 Å². The highest BCUT2D eigenvalue weighted by molar-refractivity contribution is 7.89. The van der Waals surface area contributed by atoms with Crippen LogP contribution in [0.3, 0.4) is 0 Å². The Morgan fingerprint density at radius 1 is 1.19 bits per heavy atom. The number of hydrogen-bond donors (Lipinski definition) is 0. The van der Waals surface area contributed by atoms with Gasteiger partial charge in [-0.25, -0.2) is 8.42 Å². The molecule has 1 aromatic heterocycles. The fraction of sp³-hybridized carbons (Fsp3) is 0.412. The number of benzene rings is 1. The van der Waals surface area contributed by atoms with Gasteiger partial charge in [-0.3, -0.25) is 4.79 Å². The molecule has 0 atom stereocenters. The Morgan fingerprint density at radius 2 is 1.85 bits per heavy atom. The van der Waals surface area contributed by atoms with Crippen LogP contribution < -0.4 is 4.74 Å². The minimum Gasteiger partial charge on any atom is -0.494 e. The average molecular weight is 379 g/mol. The van der Waals surface area contributed by atoms with E-state index >= 15 is 0 Å². The van der Waals surface area contributed by atoms with Gasteiger partial charge in [0.2, 0.25) is 10.0 Å². The molecule has 0 unspecified atom stereocenters. The highest BCUT2D eigenvalue weighted by Crippen LogP contribution is 2.21. The van der Waals surface area contributed by atoms with E-state index in [-0.39, 0.29) is 29.6 Å². The van der Waals surface area contributed by atoms with Crippen molar-refractivity contribution in [1.29, 1.82) is 0 Å². The summed E-state index contributed by atoms with van der Waals surface area (Å²) in [7, 11) is -3.60. The molecular formula is C17H21N3O5S. The molecule has 26 heavy (non-hydrogen) atoms. The van der Waals surface area contributed by atoms with Crippen LogP contribution in [0.5, 0.6) is 5.75 Å². The summed E-state index contributed by atoms with van der Waals surface area (Å²) in [6.07, 6.45) is 0. The van der Waals surface area contributed by atoms with Crippen molar-refractivity contribution in [3.8, 4) is 5.75 Å². The first kappa shape index (κ1) is 18.4. The predicted octanol–water partition coefficient (Wildman–Crippen LogP) is 1.53. The summed E-state index contributed by atoms with van der Waals surface area (Å²) in [5, 5.41) is 3.72. The number of hydrogen-bond acceptors (Lipinski definition) is 6. The van der Waals surface area contributed by atoms with Crippen molar-refractivity contribution in [1.82, 2.24) is 14.4 Å². The molecule has 1 amide bonds. The van der Waals surface area contributed by atoms with Crippen molar-refractivity contribution >= 4 is 15.9 Å². The zero-order valence-corrected chi connectivity index (χ0v) is 15.5. The number of sulfonamides is 1. The molecule has 2 aromatic rings. The number of nitrogens with zero attached hydrogens (tertiary/aromatic N) is 3. The molecule has 1 aromatic carbocycles. The topological polar surface area (TPSA) is 93.0 Å². The minimum absolute atomic E-state index is 0.216. The molecule has 1 aliphatic rings. The van der Waals surface area contributed by atoms with Crippen molar-refractivity contribution in [3.05, 3.63) is 41.8 Å². The smallest absolute Gasteiger partial charge is 0.276 e. The number of rotatable bonds is 5. The van der Waals surface area contributed by atoms with Gasteiger partial charge in [0.25, 0.3) is 5.91 Å². The van der Waals surface area contributed by atoms with Crippen LogP contribution in [0.4, 0.5) is 0 Å². The van der Waals surface area contributed by atoms with Crippen molar-refractivity contribution in [2.75, 3.05) is 32.8 Å². The lowest BCUT2D eigenvalue weighted by molar-refractivity contribution is 0.0687. The molecule has 1 aliphatic heterocycles. The number of piperazine rings is 1. The van der Waals surface area contributed by atoms with Gasteiger partial charge in [0.05, 0.1) is 11.5 Å². The van der Waals surface area contributed by atoms with Crippen LogP contribution in [0.25, 0.3) is 0 Å². The van der Waals surface area contributed by atoms with E-state index in [4.69, 9.17) is 9.26 Å². The molecule has 8 nitrogen and oxygen atoms in total. The molecule has 3 rings (SSSR count). The Hall–Kier alpha value is -2.39. The molecule has 0 radical (unpaired) electrons. The van der Waals surface area contributed by atoms with Crippen molar-refractivity contribution < 1.29 is 22.5 Å². The number of amides is 1. The number of carbonyl (C=O) groups excluding carboxylic acids is 1. The summed E-state index contributed by atoms with van der Waals surface area (Å²) < 4.78 is 37.2. The van der Waals surface area contributed by atoms with Gasteiger partial charge in [0.1, 0.15) is 11.5 Å². The normalized spacial score (nSPS) is 15.8. The van der Waals surface area contributed by atoms with E-state index in [1.807, 2.05) is 6.92 Å². The molecule has 0 aliphatic carbocycles. The second kappa shape index (κ2) is 7.46. The molecule has 0 spiro atoms. The first-order chi connectivity index (χ1) is 12.4. The van der Waals surface area contributed by atoms with Crippen molar-refractivity contribution in [3.63, 3.8) is 0 Å². The zero-order valence-electron chi connectivity index (χ0n) is 14.7. The third-order valence-corrected chi connectivity index (χ3v) is 6.06. The molecule has 0 N–H and O–H groups in total. The van der Waals surface area contributed by atoms with E-state index in [0.29, 0.717) is 31.2 Å². The highest BCUT2D eigenvalue weighted by Gasteiger charge is 2.31. The third kappa shape index (κ3) is 3.73. The molecular weight excluding hydrogens is 358 g/mol. The fourth-order valence-corrected chi connectivity index (χ4v) is 4.21. The fourth-order valence-electron chi connectivity index (χ4n) is 2.78. The van der Waals surface area contributed by atoms with Crippen molar-refractivity contribution in [2.45, 2.75) is 18.7 Å². The van der Waals surface area contributed by atoms with Gasteiger partial charge in [-0.05, 0) is 38.1 Å². The van der Waals surface area contributed by atoms with Crippen LogP contribution in [0.15, 0.2) is 39.8 Å². The Kier molecular flexibility index (Phi) is 5.28. The van der Waals surface area contributed by atoms with Gasteiger partial charge >= 0.3 is 0 Å². The lowest BCUT2D eigenvalue weighted by Crippen LogP contribution is -2.50. The van der Waals surface area contributed by atoms with E-state index in [9.17, 15) is 13.2 Å². The first-order valence-corrected chi connectivity index (χ1v) is 9.81. The zero-order chi connectivity index (χ0) is 18.7. The minimum atomic E-state index is -3.60. The summed E-state index contributed by atoms with van der Waals surface area (Å²) in [6, 6.07) is 7.93. The van der Waals surface area contributed by atoms with E-state index in [2.05, 4.69) is 5.16 Å². The van der Waals surface area contributed by atoms with E-state index in [1.165, 1.54) is 16.4 Å². The lowest BCUT2D eigenvalue weighted by Gasteiger charge is -2.33. The number of aromatic nitrogens is 1. The van der Waals surface area contributed by atoms with E-state index < -0.39 is 10.0 Å². The summed E-state index contributed by atoms with van der Waals surface area (Å²) in [5.41, 5.74) is 0.241. The van der Waals surface area contributed by atoms with Crippen LogP contribution in [0, 0.1) is 6.92 Å². The van der Waals surface area contributed by atoms with Gasteiger partial charge in [-0.1, -0.05) is 5.16 Å². The number of aryl methyl sites for hydroxylation is 1. The van der Waals surface area contributed by atoms with Crippen LogP contribution in [0.1, 0.15) is 23.2 Å². The molecule has 1 fully saturated rings. The third-order valence-electron chi connectivity index (χ3n) is 4.15.